The fraction of sp³-hybridized carbons (Fsp3) is 0.467. The highest BCUT2D eigenvalue weighted by atomic mass is 35.5. The maximum atomic E-state index is 12.2. The molecule has 0 spiro atoms. The number of carboxylic acids is 1. The Balaban J connectivity index is 3.13. The molecule has 0 fully saturated rings. The molecule has 0 radical (unpaired) electrons. The van der Waals surface area contributed by atoms with Crippen LogP contribution in [0.3, 0.4) is 0 Å². The molecule has 0 bridgehead atoms. The maximum Gasteiger partial charge on any atom is 0.411 e. The highest BCUT2D eigenvalue weighted by Gasteiger charge is 2.33. The van der Waals surface area contributed by atoms with Gasteiger partial charge in [0.05, 0.1) is 0 Å². The van der Waals surface area contributed by atoms with Crippen molar-refractivity contribution in [1.82, 2.24) is 4.90 Å². The van der Waals surface area contributed by atoms with Crippen LogP contribution in [0.15, 0.2) is 24.3 Å². The van der Waals surface area contributed by atoms with Crippen LogP contribution in [0, 0.1) is 0 Å². The first kappa shape index (κ1) is 17.3. The predicted molar refractivity (Wildman–Crippen MR) is 80.4 cm³/mol. The first-order chi connectivity index (χ1) is 9.65. The normalized spacial score (nSPS) is 12.6. The second kappa shape index (κ2) is 6.80. The SMILES string of the molecule is CCN(C(=O)OC(C)(C)C)C(C(=O)O)c1cccc(Cl)c1. The monoisotopic (exact) mass is 313 g/mol. The molecular formula is C15H20ClNO4. The van der Waals surface area contributed by atoms with Gasteiger partial charge in [-0.15, -0.1) is 0 Å². The second-order valence-corrected chi connectivity index (χ2v) is 6.00. The molecule has 0 saturated heterocycles. The zero-order valence-electron chi connectivity index (χ0n) is 12.6. The molecule has 1 unspecified atom stereocenters. The number of rotatable bonds is 4. The average molecular weight is 314 g/mol. The Morgan fingerprint density at radius 3 is 2.43 bits per heavy atom. The molecule has 6 heteroatoms. The Hall–Kier alpha value is -1.75. The summed E-state index contributed by atoms with van der Waals surface area (Å²) in [5, 5.41) is 9.89. The van der Waals surface area contributed by atoms with Crippen molar-refractivity contribution in [2.45, 2.75) is 39.3 Å². The van der Waals surface area contributed by atoms with E-state index in [0.29, 0.717) is 10.6 Å². The minimum absolute atomic E-state index is 0.207. The van der Waals surface area contributed by atoms with Crippen molar-refractivity contribution in [2.24, 2.45) is 0 Å². The number of carbonyl (C=O) groups is 2. The van der Waals surface area contributed by atoms with E-state index in [0.717, 1.165) is 0 Å². The first-order valence-corrected chi connectivity index (χ1v) is 7.01. The molecule has 5 nitrogen and oxygen atoms in total. The molecule has 0 aliphatic rings. The third kappa shape index (κ3) is 4.93. The van der Waals surface area contributed by atoms with E-state index in [1.165, 1.54) is 11.0 Å². The molecule has 1 aromatic carbocycles. The highest BCUT2D eigenvalue weighted by Crippen LogP contribution is 2.25. The Morgan fingerprint density at radius 1 is 1.38 bits per heavy atom. The summed E-state index contributed by atoms with van der Waals surface area (Å²) >= 11 is 5.90. The van der Waals surface area contributed by atoms with E-state index in [1.807, 2.05) is 0 Å². The largest absolute Gasteiger partial charge is 0.479 e. The fourth-order valence-corrected chi connectivity index (χ4v) is 2.07. The molecular weight excluding hydrogens is 294 g/mol. The van der Waals surface area contributed by atoms with Gasteiger partial charge in [-0.2, -0.15) is 0 Å². The van der Waals surface area contributed by atoms with Crippen molar-refractivity contribution >= 4 is 23.7 Å². The number of amides is 1. The Labute approximate surface area is 129 Å². The van der Waals surface area contributed by atoms with Crippen molar-refractivity contribution in [2.75, 3.05) is 6.54 Å². The van der Waals surface area contributed by atoms with Crippen LogP contribution in [-0.4, -0.2) is 34.2 Å². The Kier molecular flexibility index (Phi) is 5.61. The van der Waals surface area contributed by atoms with E-state index in [2.05, 4.69) is 0 Å². The lowest BCUT2D eigenvalue weighted by Gasteiger charge is -2.30. The van der Waals surface area contributed by atoms with E-state index in [9.17, 15) is 14.7 Å². The molecule has 0 aromatic heterocycles. The number of carbonyl (C=O) groups excluding carboxylic acids is 1. The van der Waals surface area contributed by atoms with Gasteiger partial charge in [0, 0.05) is 11.6 Å². The molecule has 1 N–H and O–H groups in total. The molecule has 1 rings (SSSR count). The van der Waals surface area contributed by atoms with Gasteiger partial charge in [0.15, 0.2) is 6.04 Å². The predicted octanol–water partition coefficient (Wildman–Crippen LogP) is 3.72. The Morgan fingerprint density at radius 2 is 2.00 bits per heavy atom. The van der Waals surface area contributed by atoms with Crippen LogP contribution in [0.25, 0.3) is 0 Å². The van der Waals surface area contributed by atoms with Crippen molar-refractivity contribution in [3.05, 3.63) is 34.9 Å². The summed E-state index contributed by atoms with van der Waals surface area (Å²) in [6, 6.07) is 5.32. The molecule has 1 aromatic rings. The van der Waals surface area contributed by atoms with Gasteiger partial charge in [-0.25, -0.2) is 9.59 Å². The third-order valence-electron chi connectivity index (χ3n) is 2.68. The molecule has 0 aliphatic carbocycles. The summed E-state index contributed by atoms with van der Waals surface area (Å²) < 4.78 is 5.26. The lowest BCUT2D eigenvalue weighted by molar-refractivity contribution is -0.143. The summed E-state index contributed by atoms with van der Waals surface area (Å²) in [4.78, 5) is 25.0. The number of likely N-dealkylation sites (N-methyl/N-ethyl adjacent to an activating group) is 1. The molecule has 21 heavy (non-hydrogen) atoms. The molecule has 1 amide bonds. The van der Waals surface area contributed by atoms with Crippen LogP contribution in [0.5, 0.6) is 0 Å². The van der Waals surface area contributed by atoms with Crippen molar-refractivity contribution in [3.63, 3.8) is 0 Å². The number of aliphatic carboxylic acids is 1. The van der Waals surface area contributed by atoms with E-state index in [-0.39, 0.29) is 6.54 Å². The first-order valence-electron chi connectivity index (χ1n) is 6.63. The van der Waals surface area contributed by atoms with Gasteiger partial charge in [-0.3, -0.25) is 4.90 Å². The van der Waals surface area contributed by atoms with E-state index >= 15 is 0 Å². The topological polar surface area (TPSA) is 66.8 Å². The second-order valence-electron chi connectivity index (χ2n) is 5.56. The third-order valence-corrected chi connectivity index (χ3v) is 2.91. The maximum absolute atomic E-state index is 12.2. The van der Waals surface area contributed by atoms with Crippen LogP contribution >= 0.6 is 11.6 Å². The standard InChI is InChI=1S/C15H20ClNO4/c1-5-17(14(20)21-15(2,3)4)12(13(18)19)10-7-6-8-11(16)9-10/h6-9,12H,5H2,1-4H3,(H,18,19). The number of benzene rings is 1. The number of carboxylic acid groups (broad SMARTS) is 1. The van der Waals surface area contributed by atoms with Gasteiger partial charge in [0.25, 0.3) is 0 Å². The van der Waals surface area contributed by atoms with E-state index < -0.39 is 23.7 Å². The molecule has 1 atom stereocenters. The molecule has 0 heterocycles. The molecule has 116 valence electrons. The quantitative estimate of drug-likeness (QED) is 0.920. The summed E-state index contributed by atoms with van der Waals surface area (Å²) in [6.07, 6.45) is -0.669. The minimum Gasteiger partial charge on any atom is -0.479 e. The number of hydrogen-bond donors (Lipinski definition) is 1. The zero-order valence-corrected chi connectivity index (χ0v) is 13.3. The van der Waals surface area contributed by atoms with Gasteiger partial charge in [0.1, 0.15) is 5.60 Å². The van der Waals surface area contributed by atoms with Gasteiger partial charge in [-0.1, -0.05) is 23.7 Å². The van der Waals surface area contributed by atoms with E-state index in [1.54, 1.807) is 45.9 Å². The summed E-state index contributed by atoms with van der Waals surface area (Å²) in [5.74, 6) is -1.13. The lowest BCUT2D eigenvalue weighted by Crippen LogP contribution is -2.42. The van der Waals surface area contributed by atoms with Gasteiger partial charge >= 0.3 is 12.1 Å². The van der Waals surface area contributed by atoms with Crippen molar-refractivity contribution < 1.29 is 19.4 Å². The minimum atomic E-state index is -1.14. The fourth-order valence-electron chi connectivity index (χ4n) is 1.87. The smallest absolute Gasteiger partial charge is 0.411 e. The Bertz CT molecular complexity index is 525. The highest BCUT2D eigenvalue weighted by molar-refractivity contribution is 6.30. The van der Waals surface area contributed by atoms with Crippen molar-refractivity contribution in [3.8, 4) is 0 Å². The summed E-state index contributed by atoms with van der Waals surface area (Å²) in [5.41, 5.74) is -0.260. The van der Waals surface area contributed by atoms with Crippen LogP contribution < -0.4 is 0 Å². The van der Waals surface area contributed by atoms with Crippen LogP contribution in [0.4, 0.5) is 4.79 Å². The van der Waals surface area contributed by atoms with Crippen molar-refractivity contribution in [1.29, 1.82) is 0 Å². The average Bonchev–Trinajstić information content (AvgIpc) is 2.32. The number of nitrogens with zero attached hydrogens (tertiary/aromatic N) is 1. The van der Waals surface area contributed by atoms with Gasteiger partial charge in [-0.05, 0) is 45.4 Å². The van der Waals surface area contributed by atoms with Crippen LogP contribution in [0.1, 0.15) is 39.3 Å². The number of halogens is 1. The molecule has 0 saturated carbocycles. The molecule has 0 aliphatic heterocycles. The summed E-state index contributed by atoms with van der Waals surface area (Å²) in [7, 11) is 0. The van der Waals surface area contributed by atoms with Crippen LogP contribution in [0.2, 0.25) is 5.02 Å². The number of hydrogen-bond acceptors (Lipinski definition) is 3. The number of ether oxygens (including phenoxy) is 1. The van der Waals surface area contributed by atoms with Crippen LogP contribution in [-0.2, 0) is 9.53 Å². The van der Waals surface area contributed by atoms with E-state index in [4.69, 9.17) is 16.3 Å². The summed E-state index contributed by atoms with van der Waals surface area (Å²) in [6.45, 7) is 7.10. The lowest BCUT2D eigenvalue weighted by atomic mass is 10.1. The zero-order chi connectivity index (χ0) is 16.2. The van der Waals surface area contributed by atoms with Gasteiger partial charge < -0.3 is 9.84 Å². The van der Waals surface area contributed by atoms with Gasteiger partial charge in [0.2, 0.25) is 0 Å².